The summed E-state index contributed by atoms with van der Waals surface area (Å²) in [6.45, 7) is 2.88. The van der Waals surface area contributed by atoms with Crippen molar-refractivity contribution in [1.29, 1.82) is 0 Å². The number of anilines is 3. The number of hydrogen-bond donors (Lipinski definition) is 3. The zero-order chi connectivity index (χ0) is 25.1. The minimum atomic E-state index is -1.01. The number of methoxy groups -OCH3 is 3. The molecule has 0 bridgehead atoms. The Morgan fingerprint density at radius 3 is 2.49 bits per heavy atom. The molecule has 1 saturated heterocycles. The van der Waals surface area contributed by atoms with Crippen molar-refractivity contribution in [2.75, 3.05) is 43.4 Å². The van der Waals surface area contributed by atoms with Crippen LogP contribution in [0.15, 0.2) is 16.9 Å². The van der Waals surface area contributed by atoms with Crippen molar-refractivity contribution in [3.63, 3.8) is 0 Å². The van der Waals surface area contributed by atoms with E-state index in [0.29, 0.717) is 28.9 Å². The molecule has 2 aromatic rings. The second kappa shape index (κ2) is 10.2. The minimum absolute atomic E-state index is 0.130. The maximum absolute atomic E-state index is 13.3. The molecule has 0 radical (unpaired) electrons. The zero-order valence-corrected chi connectivity index (χ0v) is 20.4. The highest BCUT2D eigenvalue weighted by atomic mass is 16.5. The summed E-state index contributed by atoms with van der Waals surface area (Å²) in [5.41, 5.74) is 0.0796. The van der Waals surface area contributed by atoms with Gasteiger partial charge in [0.25, 0.3) is 5.56 Å². The van der Waals surface area contributed by atoms with Gasteiger partial charge in [-0.05, 0) is 25.7 Å². The third kappa shape index (κ3) is 4.75. The van der Waals surface area contributed by atoms with Crippen molar-refractivity contribution in [3.05, 3.63) is 28.0 Å². The summed E-state index contributed by atoms with van der Waals surface area (Å²) in [6.07, 6.45) is 3.90. The van der Waals surface area contributed by atoms with E-state index in [1.165, 1.54) is 21.3 Å². The van der Waals surface area contributed by atoms with E-state index in [9.17, 15) is 14.4 Å². The molecule has 3 N–H and O–H groups in total. The molecule has 1 fully saturated rings. The van der Waals surface area contributed by atoms with Gasteiger partial charge >= 0.3 is 0 Å². The molecular weight excluding hydrogens is 454 g/mol. The van der Waals surface area contributed by atoms with Crippen LogP contribution in [0.25, 0.3) is 0 Å². The molecule has 1 aromatic heterocycles. The number of H-pyrrole nitrogens is 1. The van der Waals surface area contributed by atoms with Gasteiger partial charge in [0.2, 0.25) is 23.5 Å². The summed E-state index contributed by atoms with van der Waals surface area (Å²) in [6, 6.07) is 3.43. The Morgan fingerprint density at radius 1 is 1.14 bits per heavy atom. The first-order valence-electron chi connectivity index (χ1n) is 11.7. The van der Waals surface area contributed by atoms with E-state index in [2.05, 4.69) is 32.4 Å². The molecule has 0 spiro atoms. The van der Waals surface area contributed by atoms with Crippen molar-refractivity contribution in [1.82, 2.24) is 9.97 Å². The molecule has 3 heterocycles. The number of nitrogens with one attached hydrogen (secondary N) is 3. The van der Waals surface area contributed by atoms with E-state index in [-0.39, 0.29) is 29.8 Å². The standard InChI is InChI=1S/C24H31N5O6/c1-5-14-8-6-7-9-29(14)24-27-21-19(23(32)28-24)15(12-18(30)26-21)22(31)25-13-10-16(33-2)20(35-4)17(11-13)34-3/h10-11,14-15H,5-9,12H2,1-4H3,(H,25,31)(H2,26,27,28,30,32)/t14-,15-/m1/s1. The molecule has 35 heavy (non-hydrogen) atoms. The number of nitrogens with zero attached hydrogens (tertiary/aromatic N) is 2. The van der Waals surface area contributed by atoms with Gasteiger partial charge in [0.05, 0.1) is 32.8 Å². The van der Waals surface area contributed by atoms with Gasteiger partial charge < -0.3 is 29.7 Å². The number of ether oxygens (including phenoxy) is 3. The van der Waals surface area contributed by atoms with E-state index in [4.69, 9.17) is 14.2 Å². The molecule has 2 aliphatic rings. The Kier molecular flexibility index (Phi) is 7.13. The topological polar surface area (TPSA) is 135 Å². The Bertz CT molecular complexity index is 1150. The highest BCUT2D eigenvalue weighted by Crippen LogP contribution is 2.40. The summed E-state index contributed by atoms with van der Waals surface area (Å²) in [4.78, 5) is 48.4. The fraction of sp³-hybridized carbons (Fsp3) is 0.500. The number of hydrogen-bond acceptors (Lipinski definition) is 8. The molecule has 2 aliphatic heterocycles. The summed E-state index contributed by atoms with van der Waals surface area (Å²) in [5.74, 6) is -0.243. The molecule has 188 valence electrons. The molecule has 11 heteroatoms. The van der Waals surface area contributed by atoms with Gasteiger partial charge in [-0.3, -0.25) is 19.4 Å². The second-order valence-corrected chi connectivity index (χ2v) is 8.61. The van der Waals surface area contributed by atoms with Crippen molar-refractivity contribution in [3.8, 4) is 17.2 Å². The Labute approximate surface area is 203 Å². The predicted octanol–water partition coefficient (Wildman–Crippen LogP) is 2.63. The average molecular weight is 486 g/mol. The van der Waals surface area contributed by atoms with Crippen LogP contribution in [0, 0.1) is 0 Å². The van der Waals surface area contributed by atoms with Crippen LogP contribution in [-0.2, 0) is 9.59 Å². The van der Waals surface area contributed by atoms with E-state index in [1.54, 1.807) is 12.1 Å². The zero-order valence-electron chi connectivity index (χ0n) is 20.4. The van der Waals surface area contributed by atoms with Crippen LogP contribution in [0.4, 0.5) is 17.5 Å². The van der Waals surface area contributed by atoms with E-state index < -0.39 is 17.4 Å². The molecule has 4 rings (SSSR count). The first kappa shape index (κ1) is 24.4. The summed E-state index contributed by atoms with van der Waals surface area (Å²) >= 11 is 0. The van der Waals surface area contributed by atoms with Crippen molar-refractivity contribution >= 4 is 29.3 Å². The molecule has 2 atom stereocenters. The van der Waals surface area contributed by atoms with E-state index in [1.807, 2.05) is 0 Å². The van der Waals surface area contributed by atoms with Crippen LogP contribution in [0.5, 0.6) is 17.2 Å². The number of aromatic amines is 1. The third-order valence-electron chi connectivity index (χ3n) is 6.56. The predicted molar refractivity (Wildman–Crippen MR) is 131 cm³/mol. The van der Waals surface area contributed by atoms with E-state index >= 15 is 0 Å². The number of fused-ring (bicyclic) bond motifs is 1. The lowest BCUT2D eigenvalue weighted by Gasteiger charge is -2.36. The van der Waals surface area contributed by atoms with Crippen LogP contribution < -0.4 is 35.3 Å². The number of carbonyl (C=O) groups is 2. The van der Waals surface area contributed by atoms with Gasteiger partial charge in [0.15, 0.2) is 11.5 Å². The molecule has 1 aromatic carbocycles. The molecule has 0 saturated carbocycles. The van der Waals surface area contributed by atoms with Crippen molar-refractivity contribution in [2.24, 2.45) is 0 Å². The smallest absolute Gasteiger partial charge is 0.258 e. The number of rotatable bonds is 7. The van der Waals surface area contributed by atoms with Crippen LogP contribution in [0.2, 0.25) is 0 Å². The first-order chi connectivity index (χ1) is 16.9. The molecule has 11 nitrogen and oxygen atoms in total. The maximum atomic E-state index is 13.3. The van der Waals surface area contributed by atoms with Crippen molar-refractivity contribution < 1.29 is 23.8 Å². The highest BCUT2D eigenvalue weighted by Gasteiger charge is 2.36. The monoisotopic (exact) mass is 485 g/mol. The molecule has 2 amide bonds. The third-order valence-corrected chi connectivity index (χ3v) is 6.56. The summed E-state index contributed by atoms with van der Waals surface area (Å²) < 4.78 is 16.0. The molecule has 0 aliphatic carbocycles. The van der Waals surface area contributed by atoms with Gasteiger partial charge in [-0.1, -0.05) is 6.92 Å². The number of amides is 2. The number of benzene rings is 1. The first-order valence-corrected chi connectivity index (χ1v) is 11.7. The summed E-state index contributed by atoms with van der Waals surface area (Å²) in [7, 11) is 4.42. The van der Waals surface area contributed by atoms with Gasteiger partial charge in [-0.2, -0.15) is 4.98 Å². The normalized spacial score (nSPS) is 19.4. The second-order valence-electron chi connectivity index (χ2n) is 8.61. The maximum Gasteiger partial charge on any atom is 0.258 e. The summed E-state index contributed by atoms with van der Waals surface area (Å²) in [5, 5.41) is 5.45. The van der Waals surface area contributed by atoms with Crippen LogP contribution in [0.3, 0.4) is 0 Å². The number of piperidine rings is 1. The lowest BCUT2D eigenvalue weighted by atomic mass is 9.92. The molecule has 0 unspecified atom stereocenters. The quantitative estimate of drug-likeness (QED) is 0.545. The molecular formula is C24H31N5O6. The van der Waals surface area contributed by atoms with Gasteiger partial charge in [-0.25, -0.2) is 0 Å². The Balaban J connectivity index is 1.66. The van der Waals surface area contributed by atoms with Crippen LogP contribution in [0.1, 0.15) is 50.5 Å². The fourth-order valence-electron chi connectivity index (χ4n) is 4.81. The Morgan fingerprint density at radius 2 is 1.86 bits per heavy atom. The fourth-order valence-corrected chi connectivity index (χ4v) is 4.81. The van der Waals surface area contributed by atoms with Gasteiger partial charge in [0, 0.05) is 36.8 Å². The minimum Gasteiger partial charge on any atom is -0.493 e. The lowest BCUT2D eigenvalue weighted by molar-refractivity contribution is -0.123. The lowest BCUT2D eigenvalue weighted by Crippen LogP contribution is -2.43. The van der Waals surface area contributed by atoms with E-state index in [0.717, 1.165) is 32.2 Å². The highest BCUT2D eigenvalue weighted by molar-refractivity contribution is 6.04. The average Bonchev–Trinajstić information content (AvgIpc) is 2.87. The number of aromatic nitrogens is 2. The SMILES string of the molecule is CC[C@@H]1CCCCN1c1nc2c(c(=O)[nH]1)[C@H](C(=O)Nc1cc(OC)c(OC)c(OC)c1)CC(=O)N2. The van der Waals surface area contributed by atoms with Crippen molar-refractivity contribution in [2.45, 2.75) is 51.0 Å². The van der Waals surface area contributed by atoms with Gasteiger partial charge in [0.1, 0.15) is 5.82 Å². The Hall–Kier alpha value is -3.76. The largest absolute Gasteiger partial charge is 0.493 e. The number of carbonyl (C=O) groups excluding carboxylic acids is 2. The van der Waals surface area contributed by atoms with Crippen LogP contribution in [-0.4, -0.2) is 55.7 Å². The van der Waals surface area contributed by atoms with Crippen LogP contribution >= 0.6 is 0 Å². The van der Waals surface area contributed by atoms with Gasteiger partial charge in [-0.15, -0.1) is 0 Å².